The summed E-state index contributed by atoms with van der Waals surface area (Å²) in [5.41, 5.74) is 2.79. The highest BCUT2D eigenvalue weighted by atomic mass is 35.5. The van der Waals surface area contributed by atoms with Gasteiger partial charge in [-0.15, -0.1) is 11.3 Å². The number of hydrogen-bond acceptors (Lipinski definition) is 5. The van der Waals surface area contributed by atoms with Crippen molar-refractivity contribution in [3.05, 3.63) is 45.1 Å². The highest BCUT2D eigenvalue weighted by Crippen LogP contribution is 2.28. The molecule has 0 atom stereocenters. The van der Waals surface area contributed by atoms with Crippen LogP contribution in [0.1, 0.15) is 15.2 Å². The van der Waals surface area contributed by atoms with Gasteiger partial charge >= 0.3 is 0 Å². The number of aromatic hydroxyl groups is 1. The highest BCUT2D eigenvalue weighted by molar-refractivity contribution is 7.17. The molecule has 5 nitrogen and oxygen atoms in total. The number of amides is 1. The minimum absolute atomic E-state index is 0.0350. The Bertz CT molecular complexity index is 655. The van der Waals surface area contributed by atoms with Gasteiger partial charge in [-0.2, -0.15) is 5.10 Å². The average Bonchev–Trinajstić information content (AvgIpc) is 2.87. The van der Waals surface area contributed by atoms with Crippen LogP contribution in [0.15, 0.2) is 35.4 Å². The molecule has 0 unspecified atom stereocenters. The second-order valence-corrected chi connectivity index (χ2v) is 5.42. The van der Waals surface area contributed by atoms with E-state index in [4.69, 9.17) is 16.3 Å². The Labute approximate surface area is 124 Å². The van der Waals surface area contributed by atoms with Crippen molar-refractivity contribution in [2.24, 2.45) is 5.10 Å². The molecule has 1 heterocycles. The molecule has 1 amide bonds. The Morgan fingerprint density at radius 1 is 1.45 bits per heavy atom. The van der Waals surface area contributed by atoms with Gasteiger partial charge in [-0.25, -0.2) is 5.43 Å². The molecule has 2 N–H and O–H groups in total. The van der Waals surface area contributed by atoms with E-state index in [0.29, 0.717) is 20.5 Å². The fourth-order valence-corrected chi connectivity index (χ4v) is 2.39. The largest absolute Gasteiger partial charge is 0.504 e. The first-order valence-electron chi connectivity index (χ1n) is 5.56. The van der Waals surface area contributed by atoms with Crippen molar-refractivity contribution >= 4 is 35.1 Å². The number of hydrazone groups is 1. The quantitative estimate of drug-likeness (QED) is 0.674. The molecule has 0 saturated carbocycles. The zero-order chi connectivity index (χ0) is 14.5. The number of thiophene rings is 1. The van der Waals surface area contributed by atoms with E-state index in [-0.39, 0.29) is 11.7 Å². The molecule has 0 aliphatic rings. The van der Waals surface area contributed by atoms with Crippen LogP contribution in [0.5, 0.6) is 11.5 Å². The summed E-state index contributed by atoms with van der Waals surface area (Å²) in [6.07, 6.45) is 1.34. The number of phenolic OH excluding ortho intramolecular Hbond substituents is 1. The minimum Gasteiger partial charge on any atom is -0.504 e. The van der Waals surface area contributed by atoms with Crippen molar-refractivity contribution in [2.45, 2.75) is 0 Å². The van der Waals surface area contributed by atoms with E-state index in [1.54, 1.807) is 30.3 Å². The van der Waals surface area contributed by atoms with Crippen molar-refractivity contribution in [2.75, 3.05) is 7.11 Å². The second-order valence-electron chi connectivity index (χ2n) is 3.70. The summed E-state index contributed by atoms with van der Waals surface area (Å²) in [7, 11) is 1.46. The monoisotopic (exact) mass is 310 g/mol. The molecule has 0 fully saturated rings. The Morgan fingerprint density at radius 3 is 2.90 bits per heavy atom. The van der Waals surface area contributed by atoms with E-state index in [1.807, 2.05) is 0 Å². The van der Waals surface area contributed by atoms with E-state index in [1.165, 1.54) is 13.3 Å². The van der Waals surface area contributed by atoms with E-state index in [9.17, 15) is 9.90 Å². The standard InChI is InChI=1S/C13H11ClN2O3S/c1-19-9-4-2-3-8(12(9)17)7-15-16-13(18)10-5-6-11(14)20-10/h2-7,17H,1H3,(H,16,18). The van der Waals surface area contributed by atoms with Crippen LogP contribution in [0.3, 0.4) is 0 Å². The lowest BCUT2D eigenvalue weighted by Gasteiger charge is -2.04. The molecule has 0 spiro atoms. The number of rotatable bonds is 4. The summed E-state index contributed by atoms with van der Waals surface area (Å²) >= 11 is 6.90. The smallest absolute Gasteiger partial charge is 0.281 e. The van der Waals surface area contributed by atoms with Crippen LogP contribution >= 0.6 is 22.9 Å². The predicted molar refractivity (Wildman–Crippen MR) is 79.0 cm³/mol. The molecule has 0 aliphatic carbocycles. The van der Waals surface area contributed by atoms with Gasteiger partial charge in [0.2, 0.25) is 0 Å². The molecule has 1 aromatic carbocycles. The summed E-state index contributed by atoms with van der Waals surface area (Å²) in [5.74, 6) is -0.0574. The number of halogens is 1. The maximum Gasteiger partial charge on any atom is 0.281 e. The SMILES string of the molecule is COc1cccc(C=NNC(=O)c2ccc(Cl)s2)c1O. The topological polar surface area (TPSA) is 70.9 Å². The first-order valence-corrected chi connectivity index (χ1v) is 6.76. The van der Waals surface area contributed by atoms with Gasteiger partial charge in [0.25, 0.3) is 5.91 Å². The van der Waals surface area contributed by atoms with Crippen molar-refractivity contribution in [1.29, 1.82) is 0 Å². The van der Waals surface area contributed by atoms with Crippen LogP contribution in [-0.4, -0.2) is 24.3 Å². The number of phenols is 1. The van der Waals surface area contributed by atoms with Gasteiger partial charge in [0, 0.05) is 5.56 Å². The van der Waals surface area contributed by atoms with Gasteiger partial charge in [0.05, 0.1) is 22.5 Å². The zero-order valence-corrected chi connectivity index (χ0v) is 12.0. The summed E-state index contributed by atoms with van der Waals surface area (Å²) in [6.45, 7) is 0. The summed E-state index contributed by atoms with van der Waals surface area (Å²) in [4.78, 5) is 12.2. The van der Waals surface area contributed by atoms with Crippen LogP contribution in [0, 0.1) is 0 Å². The molecule has 104 valence electrons. The number of methoxy groups -OCH3 is 1. The lowest BCUT2D eigenvalue weighted by atomic mass is 10.2. The van der Waals surface area contributed by atoms with Gasteiger partial charge in [0.15, 0.2) is 11.5 Å². The Balaban J connectivity index is 2.05. The number of nitrogens with one attached hydrogen (secondary N) is 1. The molecule has 2 rings (SSSR count). The fourth-order valence-electron chi connectivity index (χ4n) is 1.46. The predicted octanol–water partition coefficient (Wildman–Crippen LogP) is 2.88. The van der Waals surface area contributed by atoms with E-state index >= 15 is 0 Å². The highest BCUT2D eigenvalue weighted by Gasteiger charge is 2.08. The van der Waals surface area contributed by atoms with Gasteiger partial charge in [0.1, 0.15) is 0 Å². The molecule has 7 heteroatoms. The lowest BCUT2D eigenvalue weighted by Crippen LogP contribution is -2.16. The molecular weight excluding hydrogens is 300 g/mol. The molecule has 0 bridgehead atoms. The van der Waals surface area contributed by atoms with Crippen LogP contribution in [0.2, 0.25) is 4.34 Å². The number of benzene rings is 1. The minimum atomic E-state index is -0.361. The van der Waals surface area contributed by atoms with Crippen LogP contribution < -0.4 is 10.2 Å². The van der Waals surface area contributed by atoms with Gasteiger partial charge in [-0.05, 0) is 24.3 Å². The number of para-hydroxylation sites is 1. The summed E-state index contributed by atoms with van der Waals surface area (Å²) in [6, 6.07) is 8.23. The summed E-state index contributed by atoms with van der Waals surface area (Å²) < 4.78 is 5.51. The average molecular weight is 311 g/mol. The van der Waals surface area contributed by atoms with Crippen LogP contribution in [0.25, 0.3) is 0 Å². The normalized spacial score (nSPS) is 10.7. The third kappa shape index (κ3) is 3.28. The molecule has 0 saturated heterocycles. The van der Waals surface area contributed by atoms with Crippen molar-refractivity contribution in [3.8, 4) is 11.5 Å². The van der Waals surface area contributed by atoms with Crippen LogP contribution in [0.4, 0.5) is 0 Å². The maximum atomic E-state index is 11.7. The Kier molecular flexibility index (Phi) is 4.60. The number of carbonyl (C=O) groups is 1. The third-order valence-corrected chi connectivity index (χ3v) is 3.65. The summed E-state index contributed by atoms with van der Waals surface area (Å²) in [5, 5.41) is 13.6. The third-order valence-electron chi connectivity index (χ3n) is 2.42. The number of hydrogen-bond donors (Lipinski definition) is 2. The number of ether oxygens (including phenoxy) is 1. The molecule has 0 radical (unpaired) electrons. The second kappa shape index (κ2) is 6.40. The fraction of sp³-hybridized carbons (Fsp3) is 0.0769. The molecular formula is C13H11ClN2O3S. The Hall–Kier alpha value is -2.05. The van der Waals surface area contributed by atoms with E-state index in [2.05, 4.69) is 10.5 Å². The van der Waals surface area contributed by atoms with Gasteiger partial charge in [-0.1, -0.05) is 17.7 Å². The Morgan fingerprint density at radius 2 is 2.25 bits per heavy atom. The van der Waals surface area contributed by atoms with E-state index in [0.717, 1.165) is 11.3 Å². The first-order chi connectivity index (χ1) is 9.61. The molecule has 20 heavy (non-hydrogen) atoms. The molecule has 1 aromatic heterocycles. The van der Waals surface area contributed by atoms with Gasteiger partial charge < -0.3 is 9.84 Å². The van der Waals surface area contributed by atoms with Crippen molar-refractivity contribution in [3.63, 3.8) is 0 Å². The lowest BCUT2D eigenvalue weighted by molar-refractivity contribution is 0.0959. The van der Waals surface area contributed by atoms with E-state index < -0.39 is 0 Å². The van der Waals surface area contributed by atoms with Crippen molar-refractivity contribution < 1.29 is 14.6 Å². The maximum absolute atomic E-state index is 11.7. The first kappa shape index (κ1) is 14.4. The number of carbonyl (C=O) groups excluding carboxylic acids is 1. The van der Waals surface area contributed by atoms with Gasteiger partial charge in [-0.3, -0.25) is 4.79 Å². The van der Waals surface area contributed by atoms with Crippen molar-refractivity contribution in [1.82, 2.24) is 5.43 Å². The molecule has 0 aliphatic heterocycles. The molecule has 2 aromatic rings. The number of nitrogens with zero attached hydrogens (tertiary/aromatic N) is 1. The van der Waals surface area contributed by atoms with Crippen LogP contribution in [-0.2, 0) is 0 Å². The zero-order valence-electron chi connectivity index (χ0n) is 10.5.